The first kappa shape index (κ1) is 27.1. The van der Waals surface area contributed by atoms with Crippen molar-refractivity contribution in [3.05, 3.63) is 0 Å². The highest BCUT2D eigenvalue weighted by atomic mass is 16.6. The number of carbonyl (C=O) groups is 5. The summed E-state index contributed by atoms with van der Waals surface area (Å²) in [5.74, 6) is -2.72. The Hall–Kier alpha value is -2.85. The molecule has 4 N–H and O–H groups in total. The molecule has 0 aliphatic carbocycles. The zero-order valence-corrected chi connectivity index (χ0v) is 18.2. The number of aliphatic carboxylic acids is 1. The molecule has 0 radical (unpaired) electrons. The van der Waals surface area contributed by atoms with Crippen LogP contribution in [0.2, 0.25) is 0 Å². The molecule has 0 aromatic heterocycles. The lowest BCUT2D eigenvalue weighted by molar-refractivity contribution is -0.144. The van der Waals surface area contributed by atoms with E-state index < -0.39 is 54.1 Å². The van der Waals surface area contributed by atoms with Crippen LogP contribution in [0.25, 0.3) is 0 Å². The average molecular weight is 431 g/mol. The molecular weight excluding hydrogens is 398 g/mol. The molecule has 30 heavy (non-hydrogen) atoms. The second-order valence-corrected chi connectivity index (χ2v) is 7.72. The van der Waals surface area contributed by atoms with Crippen molar-refractivity contribution in [2.75, 3.05) is 13.7 Å². The van der Waals surface area contributed by atoms with Gasteiger partial charge in [-0.25, -0.2) is 9.59 Å². The van der Waals surface area contributed by atoms with Crippen LogP contribution in [0.5, 0.6) is 0 Å². The molecule has 0 rings (SSSR count). The smallest absolute Gasteiger partial charge is 0.408 e. The van der Waals surface area contributed by atoms with Crippen molar-refractivity contribution < 1.29 is 38.6 Å². The number of amides is 3. The van der Waals surface area contributed by atoms with Crippen molar-refractivity contribution in [3.8, 4) is 0 Å². The van der Waals surface area contributed by atoms with Gasteiger partial charge in [-0.1, -0.05) is 12.8 Å². The third-order valence-corrected chi connectivity index (χ3v) is 3.75. The summed E-state index contributed by atoms with van der Waals surface area (Å²) in [7, 11) is 1.19. The maximum atomic E-state index is 12.4. The molecule has 0 spiro atoms. The second kappa shape index (κ2) is 13.4. The summed E-state index contributed by atoms with van der Waals surface area (Å²) >= 11 is 0. The van der Waals surface area contributed by atoms with E-state index in [1.165, 1.54) is 14.0 Å². The first-order chi connectivity index (χ1) is 13.9. The molecule has 0 heterocycles. The van der Waals surface area contributed by atoms with Crippen LogP contribution < -0.4 is 16.0 Å². The monoisotopic (exact) mass is 431 g/mol. The van der Waals surface area contributed by atoms with Gasteiger partial charge in [0.15, 0.2) is 0 Å². The quantitative estimate of drug-likeness (QED) is 0.259. The molecule has 0 aliphatic heterocycles. The minimum Gasteiger partial charge on any atom is -0.481 e. The maximum absolute atomic E-state index is 12.4. The van der Waals surface area contributed by atoms with Crippen molar-refractivity contribution in [2.24, 2.45) is 0 Å². The van der Waals surface area contributed by atoms with Gasteiger partial charge in [-0.05, 0) is 40.5 Å². The van der Waals surface area contributed by atoms with Gasteiger partial charge in [-0.3, -0.25) is 14.4 Å². The Labute approximate surface area is 176 Å². The normalized spacial score (nSPS) is 12.8. The summed E-state index contributed by atoms with van der Waals surface area (Å²) in [6, 6.07) is -1.83. The number of alkyl carbamates (subject to hydrolysis) is 1. The zero-order chi connectivity index (χ0) is 23.3. The number of carboxylic acids is 1. The van der Waals surface area contributed by atoms with E-state index >= 15 is 0 Å². The zero-order valence-electron chi connectivity index (χ0n) is 18.2. The number of methoxy groups -OCH3 is 1. The summed E-state index contributed by atoms with van der Waals surface area (Å²) in [6.45, 7) is 6.09. The molecule has 0 aliphatic rings. The molecule has 11 nitrogen and oxygen atoms in total. The summed E-state index contributed by atoms with van der Waals surface area (Å²) in [4.78, 5) is 58.2. The molecule has 0 bridgehead atoms. The third-order valence-electron chi connectivity index (χ3n) is 3.75. The third kappa shape index (κ3) is 13.3. The Morgan fingerprint density at radius 1 is 1.00 bits per heavy atom. The summed E-state index contributed by atoms with van der Waals surface area (Å²) in [5, 5.41) is 15.9. The second-order valence-electron chi connectivity index (χ2n) is 7.72. The molecule has 3 amide bonds. The standard InChI is InChI=1S/C19H33N3O8/c1-12(17(27)29-5)21-14(23)11-20-16(26)13(9-7-6-8-10-15(24)25)22-18(28)30-19(2,3)4/h12-13H,6-11H2,1-5H3,(H,20,26)(H,21,23)(H,22,28)(H,24,25)/t12-,13-/m0/s1. The SMILES string of the molecule is COC(=O)[C@H](C)NC(=O)CNC(=O)[C@H](CCCCCC(=O)O)NC(=O)OC(C)(C)C. The van der Waals surface area contributed by atoms with Crippen LogP contribution in [0.15, 0.2) is 0 Å². The highest BCUT2D eigenvalue weighted by Crippen LogP contribution is 2.10. The van der Waals surface area contributed by atoms with Gasteiger partial charge in [0.1, 0.15) is 17.7 Å². The van der Waals surface area contributed by atoms with Crippen LogP contribution in [0.4, 0.5) is 4.79 Å². The predicted molar refractivity (Wildman–Crippen MR) is 107 cm³/mol. The highest BCUT2D eigenvalue weighted by molar-refractivity contribution is 5.90. The van der Waals surface area contributed by atoms with E-state index in [0.29, 0.717) is 19.3 Å². The lowest BCUT2D eigenvalue weighted by Crippen LogP contribution is -2.51. The van der Waals surface area contributed by atoms with Crippen molar-refractivity contribution in [1.82, 2.24) is 16.0 Å². The number of carboxylic acid groups (broad SMARTS) is 1. The molecule has 172 valence electrons. The largest absolute Gasteiger partial charge is 0.481 e. The van der Waals surface area contributed by atoms with Crippen LogP contribution in [0, 0.1) is 0 Å². The number of hydrogen-bond donors (Lipinski definition) is 4. The molecule has 2 atom stereocenters. The number of nitrogens with one attached hydrogen (secondary N) is 3. The summed E-state index contributed by atoms with van der Waals surface area (Å²) in [6.07, 6.45) is 0.983. The van der Waals surface area contributed by atoms with Crippen LogP contribution in [0.1, 0.15) is 59.8 Å². The van der Waals surface area contributed by atoms with Gasteiger partial charge in [-0.15, -0.1) is 0 Å². The van der Waals surface area contributed by atoms with E-state index in [2.05, 4.69) is 20.7 Å². The van der Waals surface area contributed by atoms with E-state index in [0.717, 1.165) is 0 Å². The molecule has 11 heteroatoms. The van der Waals surface area contributed by atoms with Crippen molar-refractivity contribution >= 4 is 29.8 Å². The fraction of sp³-hybridized carbons (Fsp3) is 0.737. The Balaban J connectivity index is 4.74. The van der Waals surface area contributed by atoms with Gasteiger partial charge in [0.2, 0.25) is 11.8 Å². The van der Waals surface area contributed by atoms with E-state index in [-0.39, 0.29) is 12.8 Å². The summed E-state index contributed by atoms with van der Waals surface area (Å²) in [5.41, 5.74) is -0.753. The maximum Gasteiger partial charge on any atom is 0.408 e. The number of hydrogen-bond acceptors (Lipinski definition) is 7. The van der Waals surface area contributed by atoms with Crippen LogP contribution in [0.3, 0.4) is 0 Å². The van der Waals surface area contributed by atoms with Crippen LogP contribution in [-0.2, 0) is 28.7 Å². The first-order valence-corrected chi connectivity index (χ1v) is 9.72. The van der Waals surface area contributed by atoms with E-state index in [4.69, 9.17) is 9.84 Å². The Bertz CT molecular complexity index is 615. The van der Waals surface area contributed by atoms with Crippen LogP contribution >= 0.6 is 0 Å². The van der Waals surface area contributed by atoms with Crippen molar-refractivity contribution in [1.29, 1.82) is 0 Å². The van der Waals surface area contributed by atoms with Gasteiger partial charge in [0, 0.05) is 6.42 Å². The Kier molecular flexibility index (Phi) is 12.1. The minimum absolute atomic E-state index is 0.0227. The van der Waals surface area contributed by atoms with E-state index in [9.17, 15) is 24.0 Å². The number of unbranched alkanes of at least 4 members (excludes halogenated alkanes) is 2. The lowest BCUT2D eigenvalue weighted by atomic mass is 10.1. The molecule has 0 saturated heterocycles. The van der Waals surface area contributed by atoms with E-state index in [1.54, 1.807) is 20.8 Å². The Morgan fingerprint density at radius 2 is 1.63 bits per heavy atom. The van der Waals surface area contributed by atoms with Gasteiger partial charge in [-0.2, -0.15) is 0 Å². The molecule has 0 aromatic carbocycles. The fourth-order valence-electron chi connectivity index (χ4n) is 2.34. The fourth-order valence-corrected chi connectivity index (χ4v) is 2.34. The topological polar surface area (TPSA) is 160 Å². The minimum atomic E-state index is -0.962. The first-order valence-electron chi connectivity index (χ1n) is 9.72. The summed E-state index contributed by atoms with van der Waals surface area (Å²) < 4.78 is 9.66. The molecular formula is C19H33N3O8. The molecule has 0 aromatic rings. The average Bonchev–Trinajstić information content (AvgIpc) is 2.62. The molecule has 0 fully saturated rings. The number of ether oxygens (including phenoxy) is 2. The number of carbonyl (C=O) groups excluding carboxylic acids is 4. The van der Waals surface area contributed by atoms with Crippen molar-refractivity contribution in [3.63, 3.8) is 0 Å². The van der Waals surface area contributed by atoms with Gasteiger partial charge in [0.25, 0.3) is 0 Å². The van der Waals surface area contributed by atoms with Gasteiger partial charge >= 0.3 is 18.0 Å². The number of esters is 1. The lowest BCUT2D eigenvalue weighted by Gasteiger charge is -2.23. The Morgan fingerprint density at radius 3 is 2.17 bits per heavy atom. The van der Waals surface area contributed by atoms with Crippen molar-refractivity contribution in [2.45, 2.75) is 77.5 Å². The molecule has 0 unspecified atom stereocenters. The van der Waals surface area contributed by atoms with Crippen LogP contribution in [-0.4, -0.2) is 66.3 Å². The molecule has 0 saturated carbocycles. The van der Waals surface area contributed by atoms with Gasteiger partial charge in [0.05, 0.1) is 13.7 Å². The predicted octanol–water partition coefficient (Wildman–Crippen LogP) is 0.709. The van der Waals surface area contributed by atoms with Gasteiger partial charge < -0.3 is 30.5 Å². The highest BCUT2D eigenvalue weighted by Gasteiger charge is 2.25. The number of rotatable bonds is 12. The van der Waals surface area contributed by atoms with E-state index in [1.807, 2.05) is 0 Å².